The van der Waals surface area contributed by atoms with E-state index in [1.54, 1.807) is 0 Å². The molecule has 2 aliphatic rings. The molecule has 0 saturated carbocycles. The van der Waals surface area contributed by atoms with Gasteiger partial charge in [-0.1, -0.05) is 161 Å². The van der Waals surface area contributed by atoms with E-state index in [2.05, 4.69) is 209 Å². The zero-order chi connectivity index (χ0) is 37.8. The lowest BCUT2D eigenvalue weighted by atomic mass is 9.81. The molecule has 1 heterocycles. The third-order valence-corrected chi connectivity index (χ3v) is 13.8. The van der Waals surface area contributed by atoms with Gasteiger partial charge in [0.2, 0.25) is 0 Å². The number of hydrogen-bond acceptors (Lipinski definition) is 2. The number of nitrogens with zero attached hydrogens (tertiary/aromatic N) is 1. The topological polar surface area (TPSA) is 3.24 Å². The molecule has 0 unspecified atom stereocenters. The van der Waals surface area contributed by atoms with E-state index in [0.29, 0.717) is 0 Å². The van der Waals surface area contributed by atoms with Gasteiger partial charge in [-0.05, 0) is 104 Å². The van der Waals surface area contributed by atoms with Gasteiger partial charge in [-0.15, -0.1) is 11.3 Å². The van der Waals surface area contributed by atoms with Crippen molar-refractivity contribution in [1.29, 1.82) is 0 Å². The first kappa shape index (κ1) is 33.1. The quantitative estimate of drug-likeness (QED) is 0.170. The van der Waals surface area contributed by atoms with Crippen LogP contribution >= 0.6 is 11.3 Å². The molecule has 2 aliphatic carbocycles. The van der Waals surface area contributed by atoms with Crippen LogP contribution in [0, 0.1) is 0 Å². The van der Waals surface area contributed by atoms with Crippen molar-refractivity contribution in [3.8, 4) is 44.5 Å². The van der Waals surface area contributed by atoms with Crippen molar-refractivity contribution in [2.45, 2.75) is 38.5 Å². The van der Waals surface area contributed by atoms with Crippen molar-refractivity contribution >= 4 is 48.6 Å². The fourth-order valence-electron chi connectivity index (χ4n) is 9.84. The molecule has 56 heavy (non-hydrogen) atoms. The molecule has 0 saturated heterocycles. The van der Waals surface area contributed by atoms with Crippen LogP contribution in [0.5, 0.6) is 0 Å². The summed E-state index contributed by atoms with van der Waals surface area (Å²) < 4.78 is 2.61. The van der Waals surface area contributed by atoms with Crippen LogP contribution in [0.15, 0.2) is 176 Å². The second kappa shape index (κ2) is 12.1. The van der Waals surface area contributed by atoms with Gasteiger partial charge in [0.05, 0.1) is 5.69 Å². The highest BCUT2D eigenvalue weighted by molar-refractivity contribution is 7.25. The van der Waals surface area contributed by atoms with Crippen LogP contribution in [0.4, 0.5) is 17.1 Å². The zero-order valence-electron chi connectivity index (χ0n) is 32.1. The van der Waals surface area contributed by atoms with Crippen molar-refractivity contribution in [3.05, 3.63) is 198 Å². The normalized spacial score (nSPS) is 14.4. The highest BCUT2D eigenvalue weighted by Crippen LogP contribution is 2.54. The minimum absolute atomic E-state index is 0.0407. The first-order valence-electron chi connectivity index (χ1n) is 19.7. The Kier molecular flexibility index (Phi) is 7.18. The maximum Gasteiger partial charge on any atom is 0.0540 e. The van der Waals surface area contributed by atoms with E-state index >= 15 is 0 Å². The molecule has 0 fully saturated rings. The van der Waals surface area contributed by atoms with Crippen LogP contribution in [0.2, 0.25) is 0 Å². The average Bonchev–Trinajstić information content (AvgIpc) is 3.81. The Morgan fingerprint density at radius 2 is 0.946 bits per heavy atom. The van der Waals surface area contributed by atoms with E-state index in [1.165, 1.54) is 86.9 Å². The predicted octanol–water partition coefficient (Wildman–Crippen LogP) is 15.5. The molecule has 0 N–H and O–H groups in total. The molecular weight excluding hydrogens is 695 g/mol. The predicted molar refractivity (Wildman–Crippen MR) is 240 cm³/mol. The Morgan fingerprint density at radius 3 is 1.77 bits per heavy atom. The number of rotatable bonds is 5. The molecule has 0 aliphatic heterocycles. The molecule has 268 valence electrons. The number of benzene rings is 8. The third-order valence-electron chi connectivity index (χ3n) is 12.7. The Balaban J connectivity index is 1.08. The number of hydrogen-bond donors (Lipinski definition) is 0. The third kappa shape index (κ3) is 4.79. The lowest BCUT2D eigenvalue weighted by molar-refractivity contribution is 0.660. The molecule has 9 aromatic rings. The first-order chi connectivity index (χ1) is 27.3. The second-order valence-electron chi connectivity index (χ2n) is 16.5. The highest BCUT2D eigenvalue weighted by Gasteiger charge is 2.37. The van der Waals surface area contributed by atoms with Crippen LogP contribution in [0.1, 0.15) is 49.9 Å². The van der Waals surface area contributed by atoms with E-state index in [1.807, 2.05) is 11.3 Å². The standard InChI is InChI=1S/C54H41NS/c1-53(2)46-20-10-6-17-44(46)52-43(18-13-21-47(52)53)40-15-7-11-22-49(40)55(37-29-31-42-41-16-8-12-23-50(41)56-51(42)33-37)36-27-24-34(25-28-36)35-26-30-39-38-14-5-9-19-45(38)54(3,4)48(39)32-35/h5-33H,1-4H3. The summed E-state index contributed by atoms with van der Waals surface area (Å²) in [5.41, 5.74) is 19.2. The molecular formula is C54H41NS. The number of para-hydroxylation sites is 1. The summed E-state index contributed by atoms with van der Waals surface area (Å²) in [7, 11) is 0. The molecule has 0 radical (unpaired) electrons. The SMILES string of the molecule is CC1(C)c2ccccc2-c2ccc(-c3ccc(N(c4ccc5c(c4)sc4ccccc45)c4ccccc4-c4cccc5c4-c4ccccc4C5(C)C)cc3)cc21. The Hall–Kier alpha value is -6.22. The Labute approximate surface area is 333 Å². The molecule has 2 heteroatoms. The minimum Gasteiger partial charge on any atom is -0.310 e. The molecule has 0 atom stereocenters. The van der Waals surface area contributed by atoms with Crippen molar-refractivity contribution in [2.75, 3.05) is 4.90 Å². The first-order valence-corrected chi connectivity index (χ1v) is 20.5. The summed E-state index contributed by atoms with van der Waals surface area (Å²) in [5.74, 6) is 0. The van der Waals surface area contributed by atoms with E-state index in [4.69, 9.17) is 0 Å². The van der Waals surface area contributed by atoms with E-state index in [-0.39, 0.29) is 10.8 Å². The van der Waals surface area contributed by atoms with Gasteiger partial charge in [0.25, 0.3) is 0 Å². The largest absolute Gasteiger partial charge is 0.310 e. The van der Waals surface area contributed by atoms with Crippen molar-refractivity contribution in [2.24, 2.45) is 0 Å². The molecule has 1 aromatic heterocycles. The molecule has 11 rings (SSSR count). The summed E-state index contributed by atoms with van der Waals surface area (Å²) in [6, 6.07) is 65.8. The summed E-state index contributed by atoms with van der Waals surface area (Å²) in [4.78, 5) is 2.47. The van der Waals surface area contributed by atoms with Gasteiger partial charge >= 0.3 is 0 Å². The van der Waals surface area contributed by atoms with Gasteiger partial charge < -0.3 is 4.90 Å². The van der Waals surface area contributed by atoms with E-state index < -0.39 is 0 Å². The zero-order valence-corrected chi connectivity index (χ0v) is 32.9. The van der Waals surface area contributed by atoms with Crippen molar-refractivity contribution in [3.63, 3.8) is 0 Å². The Morgan fingerprint density at radius 1 is 0.375 bits per heavy atom. The van der Waals surface area contributed by atoms with Crippen LogP contribution in [0.3, 0.4) is 0 Å². The van der Waals surface area contributed by atoms with Crippen LogP contribution in [-0.4, -0.2) is 0 Å². The number of thiophene rings is 1. The number of fused-ring (bicyclic) bond motifs is 9. The lowest BCUT2D eigenvalue weighted by Crippen LogP contribution is -2.15. The molecule has 0 bridgehead atoms. The fraction of sp³-hybridized carbons (Fsp3) is 0.111. The van der Waals surface area contributed by atoms with Gasteiger partial charge in [-0.2, -0.15) is 0 Å². The van der Waals surface area contributed by atoms with Gasteiger partial charge in [-0.3, -0.25) is 0 Å². The Bertz CT molecular complexity index is 3030. The lowest BCUT2D eigenvalue weighted by Gasteiger charge is -2.29. The van der Waals surface area contributed by atoms with Gasteiger partial charge in [0.15, 0.2) is 0 Å². The van der Waals surface area contributed by atoms with Gasteiger partial charge in [-0.25, -0.2) is 0 Å². The summed E-state index contributed by atoms with van der Waals surface area (Å²) in [5, 5.41) is 2.62. The highest BCUT2D eigenvalue weighted by atomic mass is 32.1. The van der Waals surface area contributed by atoms with Gasteiger partial charge in [0, 0.05) is 47.9 Å². The molecule has 1 nitrogen and oxygen atoms in total. The minimum atomic E-state index is -0.0752. The van der Waals surface area contributed by atoms with Gasteiger partial charge in [0.1, 0.15) is 0 Å². The fourth-order valence-corrected chi connectivity index (χ4v) is 11.0. The van der Waals surface area contributed by atoms with E-state index in [9.17, 15) is 0 Å². The monoisotopic (exact) mass is 735 g/mol. The summed E-state index contributed by atoms with van der Waals surface area (Å²) >= 11 is 1.87. The molecule has 0 spiro atoms. The molecule has 8 aromatic carbocycles. The maximum atomic E-state index is 2.47. The van der Waals surface area contributed by atoms with Crippen LogP contribution < -0.4 is 4.90 Å². The summed E-state index contributed by atoms with van der Waals surface area (Å²) in [6.45, 7) is 9.44. The van der Waals surface area contributed by atoms with E-state index in [0.717, 1.165) is 17.1 Å². The smallest absolute Gasteiger partial charge is 0.0540 e. The maximum absolute atomic E-state index is 2.47. The second-order valence-corrected chi connectivity index (χ2v) is 17.6. The average molecular weight is 736 g/mol. The van der Waals surface area contributed by atoms with Crippen LogP contribution in [0.25, 0.3) is 64.7 Å². The van der Waals surface area contributed by atoms with Crippen LogP contribution in [-0.2, 0) is 10.8 Å². The summed E-state index contributed by atoms with van der Waals surface area (Å²) in [6.07, 6.45) is 0. The molecule has 0 amide bonds. The van der Waals surface area contributed by atoms with Crippen molar-refractivity contribution < 1.29 is 0 Å². The van der Waals surface area contributed by atoms with Crippen molar-refractivity contribution in [1.82, 2.24) is 0 Å². The number of anilines is 3.